The van der Waals surface area contributed by atoms with E-state index in [1.165, 1.54) is 5.57 Å². The fourth-order valence-corrected chi connectivity index (χ4v) is 1.79. The smallest absolute Gasteiger partial charge is 0.103 e. The van der Waals surface area contributed by atoms with Gasteiger partial charge in [0.1, 0.15) is 5.83 Å². The number of halogens is 1. The average molecular weight is 194 g/mol. The quantitative estimate of drug-likeness (QED) is 0.530. The van der Waals surface area contributed by atoms with Gasteiger partial charge in [0.25, 0.3) is 0 Å². The van der Waals surface area contributed by atoms with Crippen LogP contribution in [-0.2, 0) is 0 Å². The van der Waals surface area contributed by atoms with E-state index >= 15 is 0 Å². The third kappa shape index (κ3) is 2.57. The first-order valence-electron chi connectivity index (χ1n) is 5.23. The van der Waals surface area contributed by atoms with E-state index < -0.39 is 0 Å². The summed E-state index contributed by atoms with van der Waals surface area (Å²) < 4.78 is 13.6. The first kappa shape index (κ1) is 11.2. The summed E-state index contributed by atoms with van der Waals surface area (Å²) in [6.07, 6.45) is 5.78. The monoisotopic (exact) mass is 194 g/mol. The molecule has 0 aromatic rings. The highest BCUT2D eigenvalue weighted by Crippen LogP contribution is 2.29. The lowest BCUT2D eigenvalue weighted by Crippen LogP contribution is -2.02. The van der Waals surface area contributed by atoms with E-state index in [2.05, 4.69) is 19.1 Å². The molecular weight excluding hydrogens is 175 g/mol. The van der Waals surface area contributed by atoms with Gasteiger partial charge in [0.05, 0.1) is 0 Å². The van der Waals surface area contributed by atoms with Gasteiger partial charge in [-0.15, -0.1) is 0 Å². The first-order chi connectivity index (χ1) is 6.54. The van der Waals surface area contributed by atoms with Gasteiger partial charge in [0.15, 0.2) is 0 Å². The van der Waals surface area contributed by atoms with Crippen molar-refractivity contribution < 1.29 is 4.39 Å². The summed E-state index contributed by atoms with van der Waals surface area (Å²) in [5.74, 6) is 0.460. The molecule has 0 saturated heterocycles. The van der Waals surface area contributed by atoms with Gasteiger partial charge in [0.2, 0.25) is 0 Å². The van der Waals surface area contributed by atoms with Crippen LogP contribution in [0, 0.1) is 5.92 Å². The predicted octanol–water partition coefficient (Wildman–Crippen LogP) is 4.55. The molecule has 0 aromatic heterocycles. The fraction of sp³-hybridized carbons (Fsp3) is 0.538. The molecule has 1 aliphatic rings. The molecule has 0 radical (unpaired) electrons. The summed E-state index contributed by atoms with van der Waals surface area (Å²) >= 11 is 0. The van der Waals surface area contributed by atoms with Gasteiger partial charge in [-0.3, -0.25) is 0 Å². The largest absolute Gasteiger partial charge is 0.212 e. The minimum atomic E-state index is 0.0569. The van der Waals surface area contributed by atoms with Crippen LogP contribution in [0.2, 0.25) is 0 Å². The Morgan fingerprint density at radius 2 is 2.00 bits per heavy atom. The molecule has 1 atom stereocenters. The van der Waals surface area contributed by atoms with E-state index in [1.807, 2.05) is 20.8 Å². The average Bonchev–Trinajstić information content (AvgIpc) is 2.13. The van der Waals surface area contributed by atoms with Gasteiger partial charge >= 0.3 is 0 Å². The molecule has 0 heterocycles. The standard InChI is InChI=1S/C13H19F/c1-5-12-6-9(2)7-13(14)11(4)10(3)8-12/h5,8-9H,6-7H2,1-4H3/b10-8-,12-5+,13-11?. The summed E-state index contributed by atoms with van der Waals surface area (Å²) in [6.45, 7) is 7.99. The molecule has 0 aliphatic heterocycles. The summed E-state index contributed by atoms with van der Waals surface area (Å²) in [7, 11) is 0. The predicted molar refractivity (Wildman–Crippen MR) is 59.7 cm³/mol. The summed E-state index contributed by atoms with van der Waals surface area (Å²) in [5.41, 5.74) is 3.19. The van der Waals surface area contributed by atoms with Gasteiger partial charge in [0, 0.05) is 6.42 Å². The van der Waals surface area contributed by atoms with Crippen molar-refractivity contribution in [2.24, 2.45) is 5.92 Å². The molecule has 78 valence electrons. The zero-order valence-electron chi connectivity index (χ0n) is 9.52. The molecule has 0 amide bonds. The van der Waals surface area contributed by atoms with Gasteiger partial charge in [-0.05, 0) is 44.3 Å². The third-order valence-electron chi connectivity index (χ3n) is 2.88. The Hall–Kier alpha value is -0.850. The Morgan fingerprint density at radius 1 is 1.36 bits per heavy atom. The Morgan fingerprint density at radius 3 is 2.57 bits per heavy atom. The van der Waals surface area contributed by atoms with Crippen LogP contribution in [0.25, 0.3) is 0 Å². The zero-order chi connectivity index (χ0) is 10.7. The van der Waals surface area contributed by atoms with E-state index in [9.17, 15) is 4.39 Å². The first-order valence-corrected chi connectivity index (χ1v) is 5.23. The van der Waals surface area contributed by atoms with Crippen LogP contribution < -0.4 is 0 Å². The van der Waals surface area contributed by atoms with Crippen LogP contribution >= 0.6 is 0 Å². The van der Waals surface area contributed by atoms with Crippen LogP contribution in [0.5, 0.6) is 0 Å². The molecule has 1 rings (SSSR count). The van der Waals surface area contributed by atoms with E-state index in [-0.39, 0.29) is 5.83 Å². The molecule has 0 spiro atoms. The van der Waals surface area contributed by atoms with Crippen LogP contribution in [0.1, 0.15) is 40.5 Å². The number of allylic oxidation sites excluding steroid dienone is 6. The molecule has 0 aromatic carbocycles. The molecule has 1 unspecified atom stereocenters. The molecule has 1 heteroatoms. The van der Waals surface area contributed by atoms with E-state index in [1.54, 1.807) is 0 Å². The fourth-order valence-electron chi connectivity index (χ4n) is 1.79. The Balaban J connectivity index is 3.08. The van der Waals surface area contributed by atoms with Crippen LogP contribution in [0.15, 0.2) is 34.7 Å². The Kier molecular flexibility index (Phi) is 3.68. The SMILES string of the molecule is C/C=C1/C=C(/C)C(C)=C(F)CC(C)C1. The third-order valence-corrected chi connectivity index (χ3v) is 2.88. The normalized spacial score (nSPS) is 31.1. The second-order valence-corrected chi connectivity index (χ2v) is 4.23. The van der Waals surface area contributed by atoms with Gasteiger partial charge < -0.3 is 0 Å². The molecule has 1 aliphatic carbocycles. The van der Waals surface area contributed by atoms with E-state index in [4.69, 9.17) is 0 Å². The maximum atomic E-state index is 13.6. The highest BCUT2D eigenvalue weighted by molar-refractivity contribution is 5.37. The Bertz CT molecular complexity index is 305. The van der Waals surface area contributed by atoms with Gasteiger partial charge in [-0.25, -0.2) is 4.39 Å². The van der Waals surface area contributed by atoms with Crippen LogP contribution in [-0.4, -0.2) is 0 Å². The van der Waals surface area contributed by atoms with Gasteiger partial charge in [-0.1, -0.05) is 24.6 Å². The van der Waals surface area contributed by atoms with E-state index in [0.717, 1.165) is 17.6 Å². The number of rotatable bonds is 0. The second-order valence-electron chi connectivity index (χ2n) is 4.23. The number of hydrogen-bond donors (Lipinski definition) is 0. The van der Waals surface area contributed by atoms with Gasteiger partial charge in [-0.2, -0.15) is 0 Å². The number of hydrogen-bond acceptors (Lipinski definition) is 0. The van der Waals surface area contributed by atoms with Crippen molar-refractivity contribution in [2.45, 2.75) is 40.5 Å². The molecule has 0 N–H and O–H groups in total. The molecule has 0 nitrogen and oxygen atoms in total. The van der Waals surface area contributed by atoms with Crippen molar-refractivity contribution in [1.82, 2.24) is 0 Å². The molecular formula is C13H19F. The highest BCUT2D eigenvalue weighted by atomic mass is 19.1. The van der Waals surface area contributed by atoms with Crippen molar-refractivity contribution in [3.63, 3.8) is 0 Å². The molecule has 0 fully saturated rings. The lowest BCUT2D eigenvalue weighted by atomic mass is 9.90. The molecule has 0 bridgehead atoms. The van der Waals surface area contributed by atoms with Crippen LogP contribution in [0.3, 0.4) is 0 Å². The van der Waals surface area contributed by atoms with Crippen molar-refractivity contribution >= 4 is 0 Å². The molecule has 0 saturated carbocycles. The minimum Gasteiger partial charge on any atom is -0.212 e. The summed E-state index contributed by atoms with van der Waals surface area (Å²) in [5, 5.41) is 0. The van der Waals surface area contributed by atoms with Crippen molar-refractivity contribution in [1.29, 1.82) is 0 Å². The second kappa shape index (κ2) is 4.59. The van der Waals surface area contributed by atoms with Crippen molar-refractivity contribution in [3.8, 4) is 0 Å². The Labute approximate surface area is 86.2 Å². The van der Waals surface area contributed by atoms with Crippen LogP contribution in [0.4, 0.5) is 4.39 Å². The van der Waals surface area contributed by atoms with E-state index in [0.29, 0.717) is 12.3 Å². The lowest BCUT2D eigenvalue weighted by Gasteiger charge is -2.17. The maximum Gasteiger partial charge on any atom is 0.103 e. The van der Waals surface area contributed by atoms with Crippen molar-refractivity contribution in [3.05, 3.63) is 34.7 Å². The van der Waals surface area contributed by atoms with Crippen molar-refractivity contribution in [2.75, 3.05) is 0 Å². The lowest BCUT2D eigenvalue weighted by molar-refractivity contribution is 0.479. The summed E-state index contributed by atoms with van der Waals surface area (Å²) in [6, 6.07) is 0. The summed E-state index contributed by atoms with van der Waals surface area (Å²) in [4.78, 5) is 0. The topological polar surface area (TPSA) is 0 Å². The molecule has 14 heavy (non-hydrogen) atoms. The maximum absolute atomic E-state index is 13.6. The minimum absolute atomic E-state index is 0.0569. The highest BCUT2D eigenvalue weighted by Gasteiger charge is 2.13. The zero-order valence-corrected chi connectivity index (χ0v) is 9.52.